The number of nitrogens with zero attached hydrogens (tertiary/aromatic N) is 4. The van der Waals surface area contributed by atoms with E-state index in [9.17, 15) is 0 Å². The van der Waals surface area contributed by atoms with Crippen LogP contribution in [0, 0.1) is 6.92 Å². The van der Waals surface area contributed by atoms with Crippen molar-refractivity contribution in [2.75, 3.05) is 5.73 Å². The lowest BCUT2D eigenvalue weighted by Crippen LogP contribution is -2.16. The maximum absolute atomic E-state index is 5.60. The Morgan fingerprint density at radius 3 is 2.10 bits per heavy atom. The van der Waals surface area contributed by atoms with E-state index in [1.54, 1.807) is 0 Å². The molecule has 0 bridgehead atoms. The molecule has 0 aliphatic heterocycles. The SMILES string of the molecule is Cc1ccc([C@@H]2CCC[C@@H](c3ccc(N)nn3)C2)nn1. The summed E-state index contributed by atoms with van der Waals surface area (Å²) in [6, 6.07) is 7.97. The van der Waals surface area contributed by atoms with Crippen molar-refractivity contribution in [1.82, 2.24) is 20.4 Å². The zero-order chi connectivity index (χ0) is 13.9. The van der Waals surface area contributed by atoms with Crippen molar-refractivity contribution >= 4 is 5.82 Å². The van der Waals surface area contributed by atoms with Crippen LogP contribution in [0.15, 0.2) is 24.3 Å². The maximum atomic E-state index is 5.60. The predicted molar refractivity (Wildman–Crippen MR) is 77.2 cm³/mol. The average molecular weight is 269 g/mol. The van der Waals surface area contributed by atoms with Gasteiger partial charge in [0, 0.05) is 11.8 Å². The number of aromatic nitrogens is 4. The van der Waals surface area contributed by atoms with Crippen molar-refractivity contribution in [3.63, 3.8) is 0 Å². The lowest BCUT2D eigenvalue weighted by Gasteiger charge is -2.27. The second kappa shape index (κ2) is 5.53. The van der Waals surface area contributed by atoms with Crippen LogP contribution in [0.25, 0.3) is 0 Å². The molecule has 2 atom stereocenters. The predicted octanol–water partition coefficient (Wildman–Crippen LogP) is 2.60. The third-order valence-corrected chi connectivity index (χ3v) is 4.04. The molecule has 5 nitrogen and oxygen atoms in total. The molecule has 20 heavy (non-hydrogen) atoms. The largest absolute Gasteiger partial charge is 0.382 e. The molecule has 1 saturated carbocycles. The van der Waals surface area contributed by atoms with Crippen molar-refractivity contribution in [3.8, 4) is 0 Å². The van der Waals surface area contributed by atoms with Crippen LogP contribution < -0.4 is 5.73 Å². The molecule has 0 radical (unpaired) electrons. The van der Waals surface area contributed by atoms with Gasteiger partial charge in [0.1, 0.15) is 5.82 Å². The molecule has 1 aliphatic rings. The molecular weight excluding hydrogens is 250 g/mol. The van der Waals surface area contributed by atoms with Gasteiger partial charge in [0.05, 0.1) is 17.1 Å². The van der Waals surface area contributed by atoms with E-state index in [0.717, 1.165) is 29.9 Å². The fourth-order valence-electron chi connectivity index (χ4n) is 2.92. The fraction of sp³-hybridized carbons (Fsp3) is 0.467. The normalized spacial score (nSPS) is 22.6. The van der Waals surface area contributed by atoms with Gasteiger partial charge >= 0.3 is 0 Å². The molecule has 5 heteroatoms. The highest BCUT2D eigenvalue weighted by molar-refractivity contribution is 5.27. The lowest BCUT2D eigenvalue weighted by molar-refractivity contribution is 0.380. The Morgan fingerprint density at radius 2 is 1.55 bits per heavy atom. The van der Waals surface area contributed by atoms with Gasteiger partial charge in [0.2, 0.25) is 0 Å². The third kappa shape index (κ3) is 2.76. The summed E-state index contributed by atoms with van der Waals surface area (Å²) in [5, 5.41) is 16.7. The molecule has 104 valence electrons. The van der Waals surface area contributed by atoms with Gasteiger partial charge in [-0.25, -0.2) is 0 Å². The van der Waals surface area contributed by atoms with E-state index >= 15 is 0 Å². The van der Waals surface area contributed by atoms with Crippen LogP contribution >= 0.6 is 0 Å². The number of aryl methyl sites for hydroxylation is 1. The third-order valence-electron chi connectivity index (χ3n) is 4.04. The van der Waals surface area contributed by atoms with Crippen molar-refractivity contribution < 1.29 is 0 Å². The molecule has 1 aliphatic carbocycles. The Hall–Kier alpha value is -2.04. The number of anilines is 1. The lowest BCUT2D eigenvalue weighted by atomic mass is 9.78. The summed E-state index contributed by atoms with van der Waals surface area (Å²) in [6.45, 7) is 1.96. The van der Waals surface area contributed by atoms with Gasteiger partial charge in [-0.1, -0.05) is 6.42 Å². The van der Waals surface area contributed by atoms with Gasteiger partial charge in [-0.2, -0.15) is 15.3 Å². The smallest absolute Gasteiger partial charge is 0.146 e. The molecule has 0 spiro atoms. The highest BCUT2D eigenvalue weighted by Crippen LogP contribution is 2.39. The van der Waals surface area contributed by atoms with E-state index in [0.29, 0.717) is 17.7 Å². The topological polar surface area (TPSA) is 77.6 Å². The number of nitrogen functional groups attached to an aromatic ring is 1. The average Bonchev–Trinajstić information content (AvgIpc) is 2.49. The van der Waals surface area contributed by atoms with Crippen molar-refractivity contribution in [2.24, 2.45) is 0 Å². The summed E-state index contributed by atoms with van der Waals surface area (Å²) < 4.78 is 0. The van der Waals surface area contributed by atoms with E-state index in [4.69, 9.17) is 5.73 Å². The van der Waals surface area contributed by atoms with Crippen molar-refractivity contribution in [3.05, 3.63) is 41.3 Å². The Kier molecular flexibility index (Phi) is 3.58. The molecule has 0 aromatic carbocycles. The minimum absolute atomic E-state index is 0.449. The minimum atomic E-state index is 0.449. The van der Waals surface area contributed by atoms with Gasteiger partial charge in [0.15, 0.2) is 0 Å². The Labute approximate surface area is 118 Å². The van der Waals surface area contributed by atoms with Crippen LogP contribution in [-0.2, 0) is 0 Å². The quantitative estimate of drug-likeness (QED) is 0.906. The first kappa shape index (κ1) is 13.0. The summed E-state index contributed by atoms with van der Waals surface area (Å²) in [5.41, 5.74) is 8.71. The van der Waals surface area contributed by atoms with E-state index in [-0.39, 0.29) is 0 Å². The first-order chi connectivity index (χ1) is 9.72. The van der Waals surface area contributed by atoms with Crippen LogP contribution in [0.2, 0.25) is 0 Å². The summed E-state index contributed by atoms with van der Waals surface area (Å²) in [4.78, 5) is 0. The van der Waals surface area contributed by atoms with E-state index < -0.39 is 0 Å². The number of nitrogens with two attached hydrogens (primary N) is 1. The monoisotopic (exact) mass is 269 g/mol. The van der Waals surface area contributed by atoms with Gasteiger partial charge in [-0.15, -0.1) is 5.10 Å². The Morgan fingerprint density at radius 1 is 0.900 bits per heavy atom. The van der Waals surface area contributed by atoms with Gasteiger partial charge in [-0.3, -0.25) is 0 Å². The van der Waals surface area contributed by atoms with Gasteiger partial charge in [0.25, 0.3) is 0 Å². The Balaban J connectivity index is 1.76. The molecular formula is C15H19N5. The first-order valence-electron chi connectivity index (χ1n) is 7.11. The molecule has 2 heterocycles. The van der Waals surface area contributed by atoms with Gasteiger partial charge in [-0.05, 0) is 50.5 Å². The number of hydrogen-bond acceptors (Lipinski definition) is 5. The fourth-order valence-corrected chi connectivity index (χ4v) is 2.92. The Bertz CT molecular complexity index is 512. The van der Waals surface area contributed by atoms with E-state index in [1.165, 1.54) is 12.8 Å². The van der Waals surface area contributed by atoms with Crippen LogP contribution in [0.1, 0.15) is 54.6 Å². The molecule has 2 aromatic heterocycles. The summed E-state index contributed by atoms with van der Waals surface area (Å²) in [7, 11) is 0. The van der Waals surface area contributed by atoms with Crippen molar-refractivity contribution in [2.45, 2.75) is 44.4 Å². The molecule has 0 saturated heterocycles. The highest BCUT2D eigenvalue weighted by Gasteiger charge is 2.26. The molecule has 3 rings (SSSR count). The van der Waals surface area contributed by atoms with Crippen LogP contribution in [0.3, 0.4) is 0 Å². The number of rotatable bonds is 2. The first-order valence-corrected chi connectivity index (χ1v) is 7.11. The molecule has 0 unspecified atom stereocenters. The number of hydrogen-bond donors (Lipinski definition) is 1. The van der Waals surface area contributed by atoms with Crippen LogP contribution in [0.4, 0.5) is 5.82 Å². The van der Waals surface area contributed by atoms with Crippen LogP contribution in [0.5, 0.6) is 0 Å². The minimum Gasteiger partial charge on any atom is -0.382 e. The van der Waals surface area contributed by atoms with Gasteiger partial charge < -0.3 is 5.73 Å². The zero-order valence-electron chi connectivity index (χ0n) is 11.7. The maximum Gasteiger partial charge on any atom is 0.146 e. The van der Waals surface area contributed by atoms with E-state index in [2.05, 4.69) is 26.5 Å². The van der Waals surface area contributed by atoms with Crippen LogP contribution in [-0.4, -0.2) is 20.4 Å². The standard InChI is InChI=1S/C15H19N5/c1-10-5-6-13(18-17-10)11-3-2-4-12(9-11)14-7-8-15(16)20-19-14/h5-8,11-12H,2-4,9H2,1H3,(H2,16,20)/t11-,12-/m1/s1. The molecule has 0 amide bonds. The molecule has 2 aromatic rings. The van der Waals surface area contributed by atoms with Crippen molar-refractivity contribution in [1.29, 1.82) is 0 Å². The molecule has 2 N–H and O–H groups in total. The highest BCUT2D eigenvalue weighted by atomic mass is 15.1. The zero-order valence-corrected chi connectivity index (χ0v) is 11.7. The second-order valence-corrected chi connectivity index (χ2v) is 5.54. The van der Waals surface area contributed by atoms with E-state index in [1.807, 2.05) is 25.1 Å². The molecule has 1 fully saturated rings. The summed E-state index contributed by atoms with van der Waals surface area (Å²) in [5.74, 6) is 1.40. The second-order valence-electron chi connectivity index (χ2n) is 5.54. The summed E-state index contributed by atoms with van der Waals surface area (Å²) >= 11 is 0. The summed E-state index contributed by atoms with van der Waals surface area (Å²) in [6.07, 6.45) is 4.60.